The molecule has 0 unspecified atom stereocenters. The van der Waals surface area contributed by atoms with E-state index in [0.29, 0.717) is 13.1 Å². The van der Waals surface area contributed by atoms with Gasteiger partial charge in [-0.05, 0) is 32.4 Å². The normalized spacial score (nSPS) is 19.4. The van der Waals surface area contributed by atoms with Gasteiger partial charge in [-0.2, -0.15) is 0 Å². The summed E-state index contributed by atoms with van der Waals surface area (Å²) in [6.07, 6.45) is 2.92. The van der Waals surface area contributed by atoms with Gasteiger partial charge in [-0.25, -0.2) is 4.79 Å². The van der Waals surface area contributed by atoms with E-state index in [1.807, 2.05) is 26.8 Å². The zero-order valence-electron chi connectivity index (χ0n) is 11.8. The summed E-state index contributed by atoms with van der Waals surface area (Å²) >= 11 is 0. The Morgan fingerprint density at radius 2 is 2.15 bits per heavy atom. The van der Waals surface area contributed by atoms with E-state index in [4.69, 9.17) is 4.74 Å². The summed E-state index contributed by atoms with van der Waals surface area (Å²) in [5, 5.41) is 2.82. The first-order valence-electron chi connectivity index (χ1n) is 6.56. The summed E-state index contributed by atoms with van der Waals surface area (Å²) in [5.41, 5.74) is 0.494. The van der Waals surface area contributed by atoms with Crippen molar-refractivity contribution >= 4 is 17.7 Å². The van der Waals surface area contributed by atoms with Gasteiger partial charge in [-0.3, -0.25) is 9.78 Å². The lowest BCUT2D eigenvalue weighted by Crippen LogP contribution is -2.64. The lowest BCUT2D eigenvalue weighted by Gasteiger charge is -2.46. The minimum Gasteiger partial charge on any atom is -0.444 e. The Hall–Kier alpha value is -2.11. The average Bonchev–Trinajstić information content (AvgIpc) is 2.56. The molecule has 1 fully saturated rings. The third-order valence-corrected chi connectivity index (χ3v) is 3.59. The topological polar surface area (TPSA) is 71.5 Å². The summed E-state index contributed by atoms with van der Waals surface area (Å²) in [6.45, 7) is 6.17. The summed E-state index contributed by atoms with van der Waals surface area (Å²) in [4.78, 5) is 29.7. The van der Waals surface area contributed by atoms with Crippen LogP contribution in [-0.4, -0.2) is 40.6 Å². The number of hydrogen-bond acceptors (Lipinski definition) is 4. The maximum Gasteiger partial charge on any atom is 0.410 e. The molecular formula is C14H17N3O3. The van der Waals surface area contributed by atoms with Gasteiger partial charge in [0.1, 0.15) is 11.0 Å². The molecule has 106 valence electrons. The molecule has 0 aromatic carbocycles. The first-order valence-corrected chi connectivity index (χ1v) is 6.56. The van der Waals surface area contributed by atoms with E-state index in [1.54, 1.807) is 17.3 Å². The number of fused-ring (bicyclic) bond motifs is 2. The van der Waals surface area contributed by atoms with E-state index >= 15 is 0 Å². The highest BCUT2D eigenvalue weighted by Crippen LogP contribution is 2.44. The van der Waals surface area contributed by atoms with Crippen molar-refractivity contribution in [3.63, 3.8) is 0 Å². The van der Waals surface area contributed by atoms with Crippen molar-refractivity contribution in [3.8, 4) is 0 Å². The first-order chi connectivity index (χ1) is 9.32. The highest BCUT2D eigenvalue weighted by Gasteiger charge is 2.57. The molecule has 3 heterocycles. The maximum atomic E-state index is 12.2. The summed E-state index contributed by atoms with van der Waals surface area (Å²) in [7, 11) is 0. The van der Waals surface area contributed by atoms with Gasteiger partial charge in [0.2, 0.25) is 5.91 Å². The zero-order chi connectivity index (χ0) is 14.5. The Labute approximate surface area is 117 Å². The Bertz CT molecular complexity index is 586. The van der Waals surface area contributed by atoms with E-state index in [1.165, 1.54) is 0 Å². The highest BCUT2D eigenvalue weighted by atomic mass is 16.6. The Kier molecular flexibility index (Phi) is 2.54. The molecular weight excluding hydrogens is 258 g/mol. The fraction of sp³-hybridized carbons (Fsp3) is 0.500. The van der Waals surface area contributed by atoms with Crippen LogP contribution in [-0.2, 0) is 14.9 Å². The molecule has 0 atom stereocenters. The minimum atomic E-state index is -0.630. The number of aromatic nitrogens is 1. The van der Waals surface area contributed by atoms with Crippen molar-refractivity contribution < 1.29 is 14.3 Å². The number of ether oxygens (including phenoxy) is 1. The Balaban J connectivity index is 1.77. The molecule has 3 rings (SSSR count). The molecule has 2 amide bonds. The smallest absolute Gasteiger partial charge is 0.410 e. The molecule has 0 radical (unpaired) electrons. The molecule has 1 saturated heterocycles. The number of carbonyl (C=O) groups is 2. The van der Waals surface area contributed by atoms with Crippen LogP contribution in [0.25, 0.3) is 0 Å². The fourth-order valence-corrected chi connectivity index (χ4v) is 2.65. The van der Waals surface area contributed by atoms with E-state index in [-0.39, 0.29) is 12.0 Å². The molecule has 6 nitrogen and oxygen atoms in total. The summed E-state index contributed by atoms with van der Waals surface area (Å²) in [6, 6.07) is 1.83. The van der Waals surface area contributed by atoms with Crippen molar-refractivity contribution in [2.75, 3.05) is 18.4 Å². The largest absolute Gasteiger partial charge is 0.444 e. The number of nitrogens with one attached hydrogen (secondary N) is 1. The maximum absolute atomic E-state index is 12.2. The molecule has 2 aliphatic rings. The van der Waals surface area contributed by atoms with Gasteiger partial charge in [0, 0.05) is 19.3 Å². The van der Waals surface area contributed by atoms with Crippen molar-refractivity contribution in [1.82, 2.24) is 9.88 Å². The van der Waals surface area contributed by atoms with Crippen molar-refractivity contribution in [2.45, 2.75) is 31.8 Å². The van der Waals surface area contributed by atoms with E-state index < -0.39 is 11.0 Å². The molecule has 6 heteroatoms. The molecule has 1 aromatic rings. The Morgan fingerprint density at radius 3 is 2.80 bits per heavy atom. The van der Waals surface area contributed by atoms with Crippen LogP contribution in [0, 0.1) is 0 Å². The SMILES string of the molecule is CC(C)(C)OC(=O)N1CC2(C1)C(=O)Nc1cnccc12. The van der Waals surface area contributed by atoms with Gasteiger partial charge in [0.15, 0.2) is 0 Å². The van der Waals surface area contributed by atoms with E-state index in [2.05, 4.69) is 10.3 Å². The van der Waals surface area contributed by atoms with Crippen molar-refractivity contribution in [1.29, 1.82) is 0 Å². The van der Waals surface area contributed by atoms with Gasteiger partial charge >= 0.3 is 6.09 Å². The molecule has 0 saturated carbocycles. The summed E-state index contributed by atoms with van der Waals surface area (Å²) < 4.78 is 5.31. The second kappa shape index (κ2) is 3.94. The third kappa shape index (κ3) is 1.83. The molecule has 1 spiro atoms. The van der Waals surface area contributed by atoms with Crippen LogP contribution in [0.15, 0.2) is 18.5 Å². The lowest BCUT2D eigenvalue weighted by molar-refractivity contribution is -0.126. The van der Waals surface area contributed by atoms with Crippen LogP contribution in [0.4, 0.5) is 10.5 Å². The molecule has 0 bridgehead atoms. The predicted octanol–water partition coefficient (Wildman–Crippen LogP) is 1.52. The molecule has 1 aromatic heterocycles. The van der Waals surface area contributed by atoms with Crippen molar-refractivity contribution in [3.05, 3.63) is 24.0 Å². The number of pyridine rings is 1. The number of amides is 2. The number of likely N-dealkylation sites (tertiary alicyclic amines) is 1. The zero-order valence-corrected chi connectivity index (χ0v) is 11.8. The molecule has 2 aliphatic heterocycles. The average molecular weight is 275 g/mol. The Morgan fingerprint density at radius 1 is 1.45 bits per heavy atom. The third-order valence-electron chi connectivity index (χ3n) is 3.59. The van der Waals surface area contributed by atoms with E-state index in [9.17, 15) is 9.59 Å². The number of hydrogen-bond donors (Lipinski definition) is 1. The minimum absolute atomic E-state index is 0.0692. The van der Waals surface area contributed by atoms with Crippen LogP contribution in [0.3, 0.4) is 0 Å². The van der Waals surface area contributed by atoms with Crippen LogP contribution >= 0.6 is 0 Å². The lowest BCUT2D eigenvalue weighted by atomic mass is 9.75. The van der Waals surface area contributed by atoms with Gasteiger partial charge in [-0.15, -0.1) is 0 Å². The predicted molar refractivity (Wildman–Crippen MR) is 72.4 cm³/mol. The summed E-state index contributed by atoms with van der Waals surface area (Å²) in [5.74, 6) is -0.0692. The van der Waals surface area contributed by atoms with Crippen LogP contribution in [0.2, 0.25) is 0 Å². The van der Waals surface area contributed by atoms with E-state index in [0.717, 1.165) is 11.3 Å². The fourth-order valence-electron chi connectivity index (χ4n) is 2.65. The monoisotopic (exact) mass is 275 g/mol. The molecule has 1 N–H and O–H groups in total. The quantitative estimate of drug-likeness (QED) is 0.779. The number of nitrogens with zero attached hydrogens (tertiary/aromatic N) is 2. The van der Waals surface area contributed by atoms with Crippen LogP contribution in [0.1, 0.15) is 26.3 Å². The molecule has 20 heavy (non-hydrogen) atoms. The van der Waals surface area contributed by atoms with Gasteiger partial charge in [0.05, 0.1) is 11.9 Å². The van der Waals surface area contributed by atoms with Gasteiger partial charge in [-0.1, -0.05) is 0 Å². The second-order valence-corrected chi connectivity index (χ2v) is 6.29. The standard InChI is InChI=1S/C14H17N3O3/c1-13(2,3)20-12(19)17-7-14(8-17)9-4-5-15-6-10(9)16-11(14)18/h4-6H,7-8H2,1-3H3,(H,16,18). The van der Waals surface area contributed by atoms with Crippen LogP contribution < -0.4 is 5.32 Å². The second-order valence-electron chi connectivity index (χ2n) is 6.29. The molecule has 0 aliphatic carbocycles. The number of carbonyl (C=O) groups excluding carboxylic acids is 2. The highest BCUT2D eigenvalue weighted by molar-refractivity contribution is 6.07. The number of rotatable bonds is 0. The van der Waals surface area contributed by atoms with Crippen molar-refractivity contribution in [2.24, 2.45) is 0 Å². The number of anilines is 1. The van der Waals surface area contributed by atoms with Gasteiger partial charge < -0.3 is 15.0 Å². The van der Waals surface area contributed by atoms with Gasteiger partial charge in [0.25, 0.3) is 0 Å². The first kappa shape index (κ1) is 12.9. The van der Waals surface area contributed by atoms with Crippen LogP contribution in [0.5, 0.6) is 0 Å².